The summed E-state index contributed by atoms with van der Waals surface area (Å²) in [4.78, 5) is 8.73. The van der Waals surface area contributed by atoms with Crippen molar-refractivity contribution in [2.45, 2.75) is 31.3 Å². The topological polar surface area (TPSA) is 119 Å². The number of nitrogens with two attached hydrogens (primary N) is 1. The van der Waals surface area contributed by atoms with Crippen molar-refractivity contribution in [2.24, 2.45) is 5.73 Å². The summed E-state index contributed by atoms with van der Waals surface area (Å²) >= 11 is 0. The second kappa shape index (κ2) is 5.39. The van der Waals surface area contributed by atoms with Gasteiger partial charge in [-0.05, 0) is 20.8 Å². The number of nitrogens with one attached hydrogen (secondary N) is 2. The molecule has 0 spiro atoms. The van der Waals surface area contributed by atoms with Crippen molar-refractivity contribution in [1.82, 2.24) is 19.2 Å². The Hall–Kier alpha value is -1.45. The van der Waals surface area contributed by atoms with Crippen LogP contribution in [0, 0.1) is 12.3 Å². The third-order valence-electron chi connectivity index (χ3n) is 3.99. The van der Waals surface area contributed by atoms with E-state index in [9.17, 15) is 8.42 Å². The number of aromatic amines is 1. The Morgan fingerprint density at radius 1 is 1.38 bits per heavy atom. The number of hydrogen-bond donors (Lipinski definition) is 3. The lowest BCUT2D eigenvalue weighted by atomic mass is 10.0. The lowest BCUT2D eigenvalue weighted by Gasteiger charge is -2.42. The Morgan fingerprint density at radius 3 is 2.38 bits per heavy atom. The molecule has 1 aromatic rings. The van der Waals surface area contributed by atoms with Crippen LogP contribution in [0.3, 0.4) is 0 Å². The number of nitrogens with zero attached hydrogens (tertiary/aromatic N) is 3. The number of aryl methyl sites for hydroxylation is 1. The van der Waals surface area contributed by atoms with Gasteiger partial charge in [0.25, 0.3) is 10.0 Å². The molecule has 0 aromatic carbocycles. The molecule has 118 valence electrons. The minimum Gasteiger partial charge on any atom is -0.386 e. The van der Waals surface area contributed by atoms with Crippen molar-refractivity contribution in [3.05, 3.63) is 12.0 Å². The first-order valence-electron chi connectivity index (χ1n) is 6.77. The molecule has 4 N–H and O–H groups in total. The summed E-state index contributed by atoms with van der Waals surface area (Å²) in [6.07, 6.45) is 1.34. The van der Waals surface area contributed by atoms with Crippen LogP contribution in [0.15, 0.2) is 11.2 Å². The van der Waals surface area contributed by atoms with Gasteiger partial charge in [0.2, 0.25) is 0 Å². The fraction of sp³-hybridized carbons (Fsp3) is 0.667. The third-order valence-corrected chi connectivity index (χ3v) is 5.79. The van der Waals surface area contributed by atoms with E-state index in [1.807, 2.05) is 18.7 Å². The second-order valence-corrected chi connectivity index (χ2v) is 7.60. The van der Waals surface area contributed by atoms with E-state index in [1.165, 1.54) is 10.5 Å². The van der Waals surface area contributed by atoms with Crippen molar-refractivity contribution < 1.29 is 8.42 Å². The molecule has 9 heteroatoms. The highest BCUT2D eigenvalue weighted by molar-refractivity contribution is 7.89. The molecule has 0 saturated carbocycles. The zero-order valence-electron chi connectivity index (χ0n) is 12.5. The molecule has 0 bridgehead atoms. The van der Waals surface area contributed by atoms with E-state index >= 15 is 0 Å². The van der Waals surface area contributed by atoms with Crippen molar-refractivity contribution in [3.8, 4) is 0 Å². The van der Waals surface area contributed by atoms with Crippen LogP contribution in [0.4, 0.5) is 0 Å². The summed E-state index contributed by atoms with van der Waals surface area (Å²) in [5.41, 5.74) is 5.06. The molecule has 0 atom stereocenters. The summed E-state index contributed by atoms with van der Waals surface area (Å²) < 4.78 is 26.4. The molecule has 1 fully saturated rings. The predicted molar refractivity (Wildman–Crippen MR) is 79.6 cm³/mol. The number of hydrogen-bond acceptors (Lipinski definition) is 5. The second-order valence-electron chi connectivity index (χ2n) is 5.70. The van der Waals surface area contributed by atoms with Gasteiger partial charge in [-0.3, -0.25) is 10.3 Å². The number of aromatic nitrogens is 2. The average Bonchev–Trinajstić information content (AvgIpc) is 2.86. The van der Waals surface area contributed by atoms with E-state index in [4.69, 9.17) is 11.1 Å². The van der Waals surface area contributed by atoms with Gasteiger partial charge in [0, 0.05) is 26.2 Å². The number of imidazole rings is 1. The molecule has 1 aromatic heterocycles. The fourth-order valence-electron chi connectivity index (χ4n) is 2.33. The Bertz CT molecular complexity index is 628. The van der Waals surface area contributed by atoms with Gasteiger partial charge < -0.3 is 10.7 Å². The van der Waals surface area contributed by atoms with E-state index in [2.05, 4.69) is 9.97 Å². The van der Waals surface area contributed by atoms with Crippen LogP contribution in [0.1, 0.15) is 19.7 Å². The smallest absolute Gasteiger partial charge is 0.260 e. The molecule has 1 aliphatic heterocycles. The highest BCUT2D eigenvalue weighted by Gasteiger charge is 2.36. The summed E-state index contributed by atoms with van der Waals surface area (Å²) in [5.74, 6) is 0.660. The highest BCUT2D eigenvalue weighted by Crippen LogP contribution is 2.20. The molecule has 2 heterocycles. The monoisotopic (exact) mass is 314 g/mol. The Labute approximate surface area is 124 Å². The SMILES string of the molecule is Cc1ncc(S(=O)(=O)N2CCN(C(C)(C)C(=N)N)CC2)[nH]1. The summed E-state index contributed by atoms with van der Waals surface area (Å²) in [6.45, 7) is 7.29. The van der Waals surface area contributed by atoms with E-state index in [0.29, 0.717) is 32.0 Å². The Kier molecular flexibility index (Phi) is 4.09. The first-order valence-corrected chi connectivity index (χ1v) is 8.21. The van der Waals surface area contributed by atoms with Gasteiger partial charge in [0.05, 0.1) is 11.7 Å². The number of piperazine rings is 1. The van der Waals surface area contributed by atoms with Crippen molar-refractivity contribution in [2.75, 3.05) is 26.2 Å². The first-order chi connectivity index (χ1) is 9.65. The molecule has 0 radical (unpaired) electrons. The third kappa shape index (κ3) is 2.94. The number of sulfonamides is 1. The van der Waals surface area contributed by atoms with Crippen molar-refractivity contribution in [1.29, 1.82) is 5.41 Å². The van der Waals surface area contributed by atoms with Crippen LogP contribution in [-0.2, 0) is 10.0 Å². The van der Waals surface area contributed by atoms with Gasteiger partial charge in [0.1, 0.15) is 11.7 Å². The standard InChI is InChI=1S/C12H22N6O2S/c1-9-15-8-10(16-9)21(19,20)18-6-4-17(5-7-18)12(2,3)11(13)14/h8H,4-7H2,1-3H3,(H3,13,14)(H,15,16). The quantitative estimate of drug-likeness (QED) is 0.522. The molecular formula is C12H22N6O2S. The van der Waals surface area contributed by atoms with Crippen molar-refractivity contribution >= 4 is 15.9 Å². The molecule has 1 saturated heterocycles. The van der Waals surface area contributed by atoms with Gasteiger partial charge in [-0.1, -0.05) is 0 Å². The molecule has 2 rings (SSSR count). The van der Waals surface area contributed by atoms with Gasteiger partial charge in [0.15, 0.2) is 5.03 Å². The van der Waals surface area contributed by atoms with Crippen LogP contribution in [-0.4, -0.2) is 65.1 Å². The highest BCUT2D eigenvalue weighted by atomic mass is 32.2. The minimum absolute atomic E-state index is 0.0861. The summed E-state index contributed by atoms with van der Waals surface area (Å²) in [5, 5.41) is 7.76. The van der Waals surface area contributed by atoms with Crippen LogP contribution in [0.5, 0.6) is 0 Å². The maximum absolute atomic E-state index is 12.5. The van der Waals surface area contributed by atoms with Crippen LogP contribution in [0.2, 0.25) is 0 Å². The number of rotatable bonds is 4. The van der Waals surface area contributed by atoms with Crippen LogP contribution in [0.25, 0.3) is 0 Å². The average molecular weight is 314 g/mol. The van der Waals surface area contributed by atoms with E-state index in [-0.39, 0.29) is 10.9 Å². The maximum Gasteiger partial charge on any atom is 0.260 e. The zero-order chi connectivity index (χ0) is 15.8. The number of H-pyrrole nitrogens is 1. The van der Waals surface area contributed by atoms with Gasteiger partial charge in [-0.25, -0.2) is 13.4 Å². The molecule has 21 heavy (non-hydrogen) atoms. The zero-order valence-corrected chi connectivity index (χ0v) is 13.4. The lowest BCUT2D eigenvalue weighted by Crippen LogP contribution is -2.60. The first kappa shape index (κ1) is 15.9. The Morgan fingerprint density at radius 2 is 1.95 bits per heavy atom. The molecular weight excluding hydrogens is 292 g/mol. The Balaban J connectivity index is 2.09. The minimum atomic E-state index is -3.53. The van der Waals surface area contributed by atoms with Crippen molar-refractivity contribution in [3.63, 3.8) is 0 Å². The van der Waals surface area contributed by atoms with E-state index < -0.39 is 15.6 Å². The molecule has 0 aliphatic carbocycles. The largest absolute Gasteiger partial charge is 0.386 e. The normalized spacial score (nSPS) is 18.8. The number of amidine groups is 1. The molecule has 0 unspecified atom stereocenters. The maximum atomic E-state index is 12.5. The van der Waals surface area contributed by atoms with Crippen LogP contribution >= 0.6 is 0 Å². The predicted octanol–water partition coefficient (Wildman–Crippen LogP) is -0.261. The van der Waals surface area contributed by atoms with Gasteiger partial charge in [-0.2, -0.15) is 4.31 Å². The van der Waals surface area contributed by atoms with E-state index in [0.717, 1.165) is 0 Å². The van der Waals surface area contributed by atoms with Crippen LogP contribution < -0.4 is 5.73 Å². The summed E-state index contributed by atoms with van der Waals surface area (Å²) in [6, 6.07) is 0. The van der Waals surface area contributed by atoms with E-state index in [1.54, 1.807) is 6.92 Å². The lowest BCUT2D eigenvalue weighted by molar-refractivity contribution is 0.121. The van der Waals surface area contributed by atoms with Gasteiger partial charge >= 0.3 is 0 Å². The molecule has 8 nitrogen and oxygen atoms in total. The van der Waals surface area contributed by atoms with Gasteiger partial charge in [-0.15, -0.1) is 0 Å². The summed E-state index contributed by atoms with van der Waals surface area (Å²) in [7, 11) is -3.53. The molecule has 1 aliphatic rings. The fourth-order valence-corrected chi connectivity index (χ4v) is 3.71. The molecule has 0 amide bonds.